The number of aryl methyl sites for hydroxylation is 2. The molecule has 0 saturated heterocycles. The van der Waals surface area contributed by atoms with Crippen LogP contribution in [0.5, 0.6) is 0 Å². The molecule has 0 atom stereocenters. The Morgan fingerprint density at radius 2 is 2.11 bits per heavy atom. The highest BCUT2D eigenvalue weighted by atomic mass is 19.1. The maximum absolute atomic E-state index is 12.1. The van der Waals surface area contributed by atoms with E-state index in [0.717, 1.165) is 24.3 Å². The third-order valence-corrected chi connectivity index (χ3v) is 2.98. The molecule has 1 N–H and O–H groups in total. The van der Waals surface area contributed by atoms with Gasteiger partial charge in [-0.2, -0.15) is 10.2 Å². The van der Waals surface area contributed by atoms with Crippen LogP contribution in [0.3, 0.4) is 0 Å². The Morgan fingerprint density at radius 3 is 2.78 bits per heavy atom. The van der Waals surface area contributed by atoms with E-state index in [1.165, 1.54) is 5.56 Å². The van der Waals surface area contributed by atoms with Crippen LogP contribution in [-0.2, 0) is 26.7 Å². The van der Waals surface area contributed by atoms with E-state index < -0.39 is 0 Å². The standard InChI is InChI=1S/C12H18FN5/c1-10-12(8-15-17(10)2)7-14-5-11-6-16-18(9-11)4-3-13/h6,8-9,14H,3-5,7H2,1-2H3. The predicted octanol–water partition coefficient (Wildman–Crippen LogP) is 1.18. The monoisotopic (exact) mass is 251 g/mol. The molecular weight excluding hydrogens is 233 g/mol. The van der Waals surface area contributed by atoms with Crippen LogP contribution in [0.15, 0.2) is 18.6 Å². The molecule has 0 unspecified atom stereocenters. The fourth-order valence-electron chi connectivity index (χ4n) is 1.77. The maximum Gasteiger partial charge on any atom is 0.109 e. The van der Waals surface area contributed by atoms with Gasteiger partial charge in [0.05, 0.1) is 18.9 Å². The molecule has 0 spiro atoms. The smallest absolute Gasteiger partial charge is 0.109 e. The molecule has 6 heteroatoms. The molecule has 2 rings (SSSR count). The number of alkyl halides is 1. The zero-order chi connectivity index (χ0) is 13.0. The van der Waals surface area contributed by atoms with E-state index in [9.17, 15) is 4.39 Å². The predicted molar refractivity (Wildman–Crippen MR) is 66.7 cm³/mol. The van der Waals surface area contributed by atoms with Gasteiger partial charge in [-0.05, 0) is 6.92 Å². The highest BCUT2D eigenvalue weighted by Gasteiger charge is 2.03. The van der Waals surface area contributed by atoms with Crippen molar-refractivity contribution in [2.45, 2.75) is 26.6 Å². The summed E-state index contributed by atoms with van der Waals surface area (Å²) >= 11 is 0. The Hall–Kier alpha value is -1.69. The van der Waals surface area contributed by atoms with Gasteiger partial charge in [-0.15, -0.1) is 0 Å². The molecule has 0 fully saturated rings. The lowest BCUT2D eigenvalue weighted by atomic mass is 10.2. The molecule has 0 aliphatic heterocycles. The van der Waals surface area contributed by atoms with Gasteiger partial charge in [-0.1, -0.05) is 0 Å². The third kappa shape index (κ3) is 2.95. The first kappa shape index (κ1) is 12.8. The first-order valence-corrected chi connectivity index (χ1v) is 5.96. The lowest BCUT2D eigenvalue weighted by Gasteiger charge is -2.02. The van der Waals surface area contributed by atoms with Crippen LogP contribution in [-0.4, -0.2) is 26.2 Å². The van der Waals surface area contributed by atoms with Gasteiger partial charge in [0.15, 0.2) is 0 Å². The van der Waals surface area contributed by atoms with E-state index in [4.69, 9.17) is 0 Å². The van der Waals surface area contributed by atoms with Gasteiger partial charge in [0.2, 0.25) is 0 Å². The topological polar surface area (TPSA) is 47.7 Å². The minimum Gasteiger partial charge on any atom is -0.308 e. The summed E-state index contributed by atoms with van der Waals surface area (Å²) in [6.07, 6.45) is 5.50. The number of rotatable bonds is 6. The van der Waals surface area contributed by atoms with Gasteiger partial charge in [0.1, 0.15) is 6.67 Å². The van der Waals surface area contributed by atoms with Gasteiger partial charge in [0, 0.05) is 43.2 Å². The summed E-state index contributed by atoms with van der Waals surface area (Å²) in [5.41, 5.74) is 3.41. The summed E-state index contributed by atoms with van der Waals surface area (Å²) in [6.45, 7) is 3.48. The Balaban J connectivity index is 1.82. The van der Waals surface area contributed by atoms with E-state index in [2.05, 4.69) is 15.5 Å². The van der Waals surface area contributed by atoms with Crippen molar-refractivity contribution < 1.29 is 4.39 Å². The molecule has 0 aliphatic carbocycles. The fraction of sp³-hybridized carbons (Fsp3) is 0.500. The third-order valence-electron chi connectivity index (χ3n) is 2.98. The summed E-state index contributed by atoms with van der Waals surface area (Å²) < 4.78 is 15.6. The number of nitrogens with one attached hydrogen (secondary N) is 1. The summed E-state index contributed by atoms with van der Waals surface area (Å²) in [6, 6.07) is 0. The second-order valence-electron chi connectivity index (χ2n) is 4.28. The molecule has 5 nitrogen and oxygen atoms in total. The molecule has 18 heavy (non-hydrogen) atoms. The molecule has 0 bridgehead atoms. The number of hydrogen-bond acceptors (Lipinski definition) is 3. The molecule has 2 aromatic rings. The van der Waals surface area contributed by atoms with Crippen LogP contribution < -0.4 is 5.32 Å². The largest absolute Gasteiger partial charge is 0.308 e. The summed E-state index contributed by atoms with van der Waals surface area (Å²) in [4.78, 5) is 0. The van der Waals surface area contributed by atoms with Gasteiger partial charge < -0.3 is 5.32 Å². The average molecular weight is 251 g/mol. The summed E-state index contributed by atoms with van der Waals surface area (Å²) in [5.74, 6) is 0. The average Bonchev–Trinajstić information content (AvgIpc) is 2.91. The fourth-order valence-corrected chi connectivity index (χ4v) is 1.77. The highest BCUT2D eigenvalue weighted by molar-refractivity contribution is 5.15. The number of halogens is 1. The van der Waals surface area contributed by atoms with Crippen LogP contribution >= 0.6 is 0 Å². The van der Waals surface area contributed by atoms with Crippen LogP contribution in [0.4, 0.5) is 4.39 Å². The van der Waals surface area contributed by atoms with Crippen LogP contribution in [0.2, 0.25) is 0 Å². The Kier molecular flexibility index (Phi) is 4.09. The quantitative estimate of drug-likeness (QED) is 0.838. The first-order valence-electron chi connectivity index (χ1n) is 5.96. The number of hydrogen-bond donors (Lipinski definition) is 1. The Morgan fingerprint density at radius 1 is 1.28 bits per heavy atom. The maximum atomic E-state index is 12.1. The molecule has 2 heterocycles. The highest BCUT2D eigenvalue weighted by Crippen LogP contribution is 2.05. The SMILES string of the molecule is Cc1c(CNCc2cnn(CCF)c2)cnn1C. The first-order chi connectivity index (χ1) is 8.70. The van der Waals surface area contributed by atoms with Crippen molar-refractivity contribution in [3.05, 3.63) is 35.4 Å². The van der Waals surface area contributed by atoms with Crippen LogP contribution in [0, 0.1) is 6.92 Å². The minimum absolute atomic E-state index is 0.321. The molecule has 0 aliphatic rings. The second kappa shape index (κ2) is 5.77. The zero-order valence-corrected chi connectivity index (χ0v) is 10.7. The summed E-state index contributed by atoms with van der Waals surface area (Å²) in [7, 11) is 1.93. The molecule has 0 saturated carbocycles. The van der Waals surface area contributed by atoms with E-state index >= 15 is 0 Å². The molecule has 2 aromatic heterocycles. The second-order valence-corrected chi connectivity index (χ2v) is 4.28. The van der Waals surface area contributed by atoms with Crippen molar-refractivity contribution in [2.75, 3.05) is 6.67 Å². The van der Waals surface area contributed by atoms with Crippen LogP contribution in [0.25, 0.3) is 0 Å². The van der Waals surface area contributed by atoms with E-state index in [1.807, 2.05) is 31.0 Å². The van der Waals surface area contributed by atoms with E-state index in [-0.39, 0.29) is 6.67 Å². The van der Waals surface area contributed by atoms with Gasteiger partial charge in [-0.3, -0.25) is 9.36 Å². The van der Waals surface area contributed by atoms with Crippen LogP contribution in [0.1, 0.15) is 16.8 Å². The van der Waals surface area contributed by atoms with E-state index in [0.29, 0.717) is 6.54 Å². The van der Waals surface area contributed by atoms with Crippen molar-refractivity contribution in [1.29, 1.82) is 0 Å². The Bertz CT molecular complexity index is 502. The van der Waals surface area contributed by atoms with E-state index in [1.54, 1.807) is 10.9 Å². The lowest BCUT2D eigenvalue weighted by Crippen LogP contribution is -2.13. The summed E-state index contributed by atoms with van der Waals surface area (Å²) in [5, 5.41) is 11.6. The molecular formula is C12H18FN5. The number of nitrogens with zero attached hydrogens (tertiary/aromatic N) is 4. The van der Waals surface area contributed by atoms with Gasteiger partial charge >= 0.3 is 0 Å². The van der Waals surface area contributed by atoms with Crippen molar-refractivity contribution in [3.63, 3.8) is 0 Å². The molecule has 98 valence electrons. The lowest BCUT2D eigenvalue weighted by molar-refractivity contribution is 0.427. The van der Waals surface area contributed by atoms with Crippen molar-refractivity contribution in [3.8, 4) is 0 Å². The number of aromatic nitrogens is 4. The van der Waals surface area contributed by atoms with Gasteiger partial charge in [-0.25, -0.2) is 4.39 Å². The van der Waals surface area contributed by atoms with Gasteiger partial charge in [0.25, 0.3) is 0 Å². The minimum atomic E-state index is -0.385. The van der Waals surface area contributed by atoms with Crippen molar-refractivity contribution >= 4 is 0 Å². The molecule has 0 amide bonds. The molecule has 0 radical (unpaired) electrons. The zero-order valence-electron chi connectivity index (χ0n) is 10.7. The molecule has 0 aromatic carbocycles. The van der Waals surface area contributed by atoms with Crippen molar-refractivity contribution in [1.82, 2.24) is 24.9 Å². The Labute approximate surface area is 106 Å². The normalized spacial score (nSPS) is 11.1. The van der Waals surface area contributed by atoms with Crippen molar-refractivity contribution in [2.24, 2.45) is 7.05 Å².